The molecule has 0 radical (unpaired) electrons. The average Bonchev–Trinajstić information content (AvgIpc) is 2.67. The van der Waals surface area contributed by atoms with Crippen LogP contribution in [0.2, 0.25) is 0 Å². The second-order valence-corrected chi connectivity index (χ2v) is 4.81. The number of ether oxygens (including phenoxy) is 1. The molecule has 0 saturated heterocycles. The number of halogens is 2. The normalized spacial score (nSPS) is 10.6. The number of esters is 1. The van der Waals surface area contributed by atoms with Gasteiger partial charge in [0.1, 0.15) is 10.7 Å². The Morgan fingerprint density at radius 3 is 2.93 bits per heavy atom. The molecule has 0 fully saturated rings. The van der Waals surface area contributed by atoms with Crippen LogP contribution in [0.4, 0.5) is 4.39 Å². The van der Waals surface area contributed by atoms with E-state index in [1.165, 1.54) is 24.5 Å². The topological polar surface area (TPSA) is 26.3 Å². The van der Waals surface area contributed by atoms with E-state index < -0.39 is 5.97 Å². The molecule has 5 heteroatoms. The molecule has 2 rings (SSSR count). The largest absolute Gasteiger partial charge is 0.465 e. The zero-order valence-corrected chi connectivity index (χ0v) is 10.1. The summed E-state index contributed by atoms with van der Waals surface area (Å²) < 4.78 is 19.3. The third-order valence-corrected chi connectivity index (χ3v) is 3.67. The first-order chi connectivity index (χ1) is 7.13. The second kappa shape index (κ2) is 3.90. The maximum Gasteiger partial charge on any atom is 0.348 e. The number of hydrogen-bond acceptors (Lipinski definition) is 3. The maximum atomic E-state index is 13.6. The summed E-state index contributed by atoms with van der Waals surface area (Å²) in [5, 5.41) is 0.440. The van der Waals surface area contributed by atoms with Gasteiger partial charge < -0.3 is 4.74 Å². The fraction of sp³-hybridized carbons (Fsp3) is 0.100. The first-order valence-electron chi connectivity index (χ1n) is 4.09. The van der Waals surface area contributed by atoms with Crippen LogP contribution in [-0.4, -0.2) is 13.1 Å². The fourth-order valence-electron chi connectivity index (χ4n) is 1.25. The molecule has 0 spiro atoms. The summed E-state index contributed by atoms with van der Waals surface area (Å²) >= 11 is 4.31. The van der Waals surface area contributed by atoms with Crippen LogP contribution in [0.1, 0.15) is 9.67 Å². The number of rotatable bonds is 1. The standard InChI is InChI=1S/C10H6BrFO2S/c1-14-10(13)8-4-5-7(15-8)3-2-6(11)9(5)12/h2-4H,1H3. The summed E-state index contributed by atoms with van der Waals surface area (Å²) in [6.45, 7) is 0. The minimum atomic E-state index is -0.438. The van der Waals surface area contributed by atoms with Crippen LogP contribution in [0.25, 0.3) is 10.1 Å². The molecule has 0 bridgehead atoms. The summed E-state index contributed by atoms with van der Waals surface area (Å²) in [4.78, 5) is 11.6. The van der Waals surface area contributed by atoms with E-state index >= 15 is 0 Å². The Morgan fingerprint density at radius 2 is 2.27 bits per heavy atom. The van der Waals surface area contributed by atoms with Crippen molar-refractivity contribution in [3.8, 4) is 0 Å². The van der Waals surface area contributed by atoms with Gasteiger partial charge in [-0.05, 0) is 34.1 Å². The van der Waals surface area contributed by atoms with Gasteiger partial charge in [-0.1, -0.05) is 0 Å². The van der Waals surface area contributed by atoms with Crippen molar-refractivity contribution in [1.29, 1.82) is 0 Å². The molecule has 0 aliphatic heterocycles. The summed E-state index contributed by atoms with van der Waals surface area (Å²) in [5.41, 5.74) is 0. The van der Waals surface area contributed by atoms with Crippen LogP contribution in [0.5, 0.6) is 0 Å². The highest BCUT2D eigenvalue weighted by atomic mass is 79.9. The lowest BCUT2D eigenvalue weighted by Crippen LogP contribution is -1.96. The number of hydrogen-bond donors (Lipinski definition) is 0. The number of methoxy groups -OCH3 is 1. The molecule has 2 nitrogen and oxygen atoms in total. The molecular weight excluding hydrogens is 283 g/mol. The molecule has 0 unspecified atom stereocenters. The number of carbonyl (C=O) groups excluding carboxylic acids is 1. The molecule has 0 N–H and O–H groups in total. The fourth-order valence-corrected chi connectivity index (χ4v) is 2.57. The lowest BCUT2D eigenvalue weighted by atomic mass is 10.2. The Hall–Kier alpha value is -0.940. The molecule has 1 heterocycles. The van der Waals surface area contributed by atoms with Gasteiger partial charge in [-0.2, -0.15) is 0 Å². The van der Waals surface area contributed by atoms with Gasteiger partial charge in [0.2, 0.25) is 0 Å². The molecule has 1 aromatic carbocycles. The predicted octanol–water partition coefficient (Wildman–Crippen LogP) is 3.59. The van der Waals surface area contributed by atoms with Gasteiger partial charge in [0.05, 0.1) is 11.6 Å². The Morgan fingerprint density at radius 1 is 1.53 bits per heavy atom. The van der Waals surface area contributed by atoms with Gasteiger partial charge in [-0.25, -0.2) is 9.18 Å². The van der Waals surface area contributed by atoms with Gasteiger partial charge >= 0.3 is 5.97 Å². The Kier molecular flexibility index (Phi) is 2.75. The molecule has 2 aromatic rings. The van der Waals surface area contributed by atoms with Crippen molar-refractivity contribution < 1.29 is 13.9 Å². The van der Waals surface area contributed by atoms with Crippen molar-refractivity contribution in [2.75, 3.05) is 7.11 Å². The van der Waals surface area contributed by atoms with Crippen molar-refractivity contribution >= 4 is 43.3 Å². The first-order valence-corrected chi connectivity index (χ1v) is 5.70. The quantitative estimate of drug-likeness (QED) is 0.750. The van der Waals surface area contributed by atoms with Gasteiger partial charge in [-0.3, -0.25) is 0 Å². The smallest absolute Gasteiger partial charge is 0.348 e. The Balaban J connectivity index is 2.66. The van der Waals surface area contributed by atoms with E-state index in [1.54, 1.807) is 12.1 Å². The van der Waals surface area contributed by atoms with E-state index in [0.717, 1.165) is 4.70 Å². The van der Waals surface area contributed by atoms with E-state index in [-0.39, 0.29) is 5.82 Å². The summed E-state index contributed by atoms with van der Waals surface area (Å²) in [6, 6.07) is 4.89. The van der Waals surface area contributed by atoms with Crippen molar-refractivity contribution in [2.24, 2.45) is 0 Å². The predicted molar refractivity (Wildman–Crippen MR) is 60.8 cm³/mol. The molecule has 0 aliphatic carbocycles. The minimum Gasteiger partial charge on any atom is -0.465 e. The zero-order chi connectivity index (χ0) is 11.0. The zero-order valence-electron chi connectivity index (χ0n) is 7.71. The van der Waals surface area contributed by atoms with Crippen molar-refractivity contribution in [3.05, 3.63) is 33.4 Å². The highest BCUT2D eigenvalue weighted by molar-refractivity contribution is 9.10. The van der Waals surface area contributed by atoms with E-state index in [9.17, 15) is 9.18 Å². The monoisotopic (exact) mass is 288 g/mol. The highest BCUT2D eigenvalue weighted by Gasteiger charge is 2.13. The molecule has 0 saturated carbocycles. The summed E-state index contributed by atoms with van der Waals surface area (Å²) in [6.07, 6.45) is 0. The average molecular weight is 289 g/mol. The van der Waals surface area contributed by atoms with Crippen LogP contribution in [0.3, 0.4) is 0 Å². The Bertz CT molecular complexity index is 535. The van der Waals surface area contributed by atoms with Gasteiger partial charge in [0.25, 0.3) is 0 Å². The second-order valence-electron chi connectivity index (χ2n) is 2.88. The molecule has 0 amide bonds. The highest BCUT2D eigenvalue weighted by Crippen LogP contribution is 2.31. The van der Waals surface area contributed by atoms with Crippen molar-refractivity contribution in [2.45, 2.75) is 0 Å². The van der Waals surface area contributed by atoms with Crippen molar-refractivity contribution in [1.82, 2.24) is 0 Å². The molecular formula is C10H6BrFO2S. The van der Waals surface area contributed by atoms with Crippen molar-refractivity contribution in [3.63, 3.8) is 0 Å². The van der Waals surface area contributed by atoms with E-state index in [4.69, 9.17) is 0 Å². The first kappa shape index (κ1) is 10.6. The molecule has 1 aromatic heterocycles. The lowest BCUT2D eigenvalue weighted by Gasteiger charge is -1.93. The molecule has 0 atom stereocenters. The number of carbonyl (C=O) groups is 1. The van der Waals surface area contributed by atoms with E-state index in [0.29, 0.717) is 14.7 Å². The van der Waals surface area contributed by atoms with Gasteiger partial charge in [0, 0.05) is 10.1 Å². The maximum absolute atomic E-state index is 13.6. The summed E-state index contributed by atoms with van der Waals surface area (Å²) in [5.74, 6) is -0.786. The third kappa shape index (κ3) is 1.77. The SMILES string of the molecule is COC(=O)c1cc2c(F)c(Br)ccc2s1. The summed E-state index contributed by atoms with van der Waals surface area (Å²) in [7, 11) is 1.30. The van der Waals surface area contributed by atoms with E-state index in [1.807, 2.05) is 0 Å². The van der Waals surface area contributed by atoms with Crippen LogP contribution < -0.4 is 0 Å². The number of benzene rings is 1. The minimum absolute atomic E-state index is 0.348. The van der Waals surface area contributed by atoms with Crippen LogP contribution in [0.15, 0.2) is 22.7 Å². The van der Waals surface area contributed by atoms with Crippen LogP contribution >= 0.6 is 27.3 Å². The third-order valence-electron chi connectivity index (χ3n) is 1.97. The lowest BCUT2D eigenvalue weighted by molar-refractivity contribution is 0.0606. The van der Waals surface area contributed by atoms with Gasteiger partial charge in [-0.15, -0.1) is 11.3 Å². The van der Waals surface area contributed by atoms with Crippen LogP contribution in [-0.2, 0) is 4.74 Å². The Labute approximate surface area is 97.8 Å². The molecule has 0 aliphatic rings. The number of thiophene rings is 1. The molecule has 15 heavy (non-hydrogen) atoms. The number of fused-ring (bicyclic) bond motifs is 1. The van der Waals surface area contributed by atoms with Crippen LogP contribution in [0, 0.1) is 5.82 Å². The van der Waals surface area contributed by atoms with Gasteiger partial charge in [0.15, 0.2) is 0 Å². The van der Waals surface area contributed by atoms with E-state index in [2.05, 4.69) is 20.7 Å². The molecule has 78 valence electrons.